The van der Waals surface area contributed by atoms with E-state index in [9.17, 15) is 14.9 Å². The molecule has 1 saturated heterocycles. The largest absolute Gasteiger partial charge is 0.383 e. The molecule has 1 amide bonds. The minimum atomic E-state index is -0.531. The van der Waals surface area contributed by atoms with Gasteiger partial charge in [0.1, 0.15) is 11.3 Å². The number of hydrogen-bond donors (Lipinski definition) is 2. The van der Waals surface area contributed by atoms with Gasteiger partial charge < -0.3 is 5.32 Å². The molecule has 0 radical (unpaired) electrons. The Kier molecular flexibility index (Phi) is 4.52. The molecule has 1 aromatic carbocycles. The van der Waals surface area contributed by atoms with Crippen LogP contribution in [0.1, 0.15) is 29.6 Å². The molecule has 1 aliphatic heterocycles. The first-order valence-electron chi connectivity index (χ1n) is 6.64. The van der Waals surface area contributed by atoms with E-state index in [1.165, 1.54) is 6.07 Å². The van der Waals surface area contributed by atoms with E-state index < -0.39 is 10.8 Å². The maximum Gasteiger partial charge on any atom is 0.305 e. The van der Waals surface area contributed by atoms with E-state index >= 15 is 0 Å². The molecule has 1 aromatic rings. The summed E-state index contributed by atoms with van der Waals surface area (Å²) in [5.41, 5.74) is 2.96. The Morgan fingerprint density at radius 2 is 2.00 bits per heavy atom. The molecule has 7 heteroatoms. The summed E-state index contributed by atoms with van der Waals surface area (Å²) in [6.45, 7) is 1.57. The van der Waals surface area contributed by atoms with Crippen molar-refractivity contribution < 1.29 is 9.72 Å². The van der Waals surface area contributed by atoms with Gasteiger partial charge in [-0.3, -0.25) is 20.3 Å². The predicted molar refractivity (Wildman–Crippen MR) is 75.5 cm³/mol. The van der Waals surface area contributed by atoms with E-state index in [1.54, 1.807) is 19.2 Å². The summed E-state index contributed by atoms with van der Waals surface area (Å²) in [6, 6.07) is 4.68. The molecule has 0 saturated carbocycles. The lowest BCUT2D eigenvalue weighted by atomic mass is 10.1. The van der Waals surface area contributed by atoms with Gasteiger partial charge in [-0.25, -0.2) is 5.01 Å². The highest BCUT2D eigenvalue weighted by atomic mass is 16.6. The number of carbonyl (C=O) groups is 1. The smallest absolute Gasteiger partial charge is 0.305 e. The van der Waals surface area contributed by atoms with Gasteiger partial charge in [0.2, 0.25) is 0 Å². The van der Waals surface area contributed by atoms with Crippen LogP contribution in [0.25, 0.3) is 0 Å². The van der Waals surface area contributed by atoms with Crippen molar-refractivity contribution in [3.63, 3.8) is 0 Å². The number of nitrogens with zero attached hydrogens (tertiary/aromatic N) is 2. The van der Waals surface area contributed by atoms with E-state index in [2.05, 4.69) is 10.7 Å². The van der Waals surface area contributed by atoms with Crippen molar-refractivity contribution in [3.05, 3.63) is 33.9 Å². The topological polar surface area (TPSA) is 87.5 Å². The first kappa shape index (κ1) is 14.3. The van der Waals surface area contributed by atoms with Gasteiger partial charge in [0, 0.05) is 20.1 Å². The van der Waals surface area contributed by atoms with Gasteiger partial charge in [-0.1, -0.05) is 12.5 Å². The van der Waals surface area contributed by atoms with E-state index in [4.69, 9.17) is 0 Å². The van der Waals surface area contributed by atoms with Gasteiger partial charge in [-0.2, -0.15) is 0 Å². The second-order valence-electron chi connectivity index (χ2n) is 4.70. The summed E-state index contributed by atoms with van der Waals surface area (Å²) in [6.07, 6.45) is 3.21. The number of rotatable bonds is 4. The van der Waals surface area contributed by atoms with Gasteiger partial charge in [0.25, 0.3) is 5.91 Å². The Morgan fingerprint density at radius 3 is 2.60 bits per heavy atom. The number of benzene rings is 1. The van der Waals surface area contributed by atoms with Crippen LogP contribution in [0.5, 0.6) is 0 Å². The molecule has 0 aliphatic carbocycles. The van der Waals surface area contributed by atoms with Crippen LogP contribution in [0.4, 0.5) is 11.4 Å². The average molecular weight is 278 g/mol. The Hall–Kier alpha value is -2.15. The molecule has 0 bridgehead atoms. The van der Waals surface area contributed by atoms with Crippen molar-refractivity contribution >= 4 is 17.3 Å². The maximum absolute atomic E-state index is 12.2. The Labute approximate surface area is 117 Å². The number of hydrazine groups is 1. The van der Waals surface area contributed by atoms with Gasteiger partial charge in [-0.15, -0.1) is 0 Å². The summed E-state index contributed by atoms with van der Waals surface area (Å²) in [4.78, 5) is 22.9. The highest BCUT2D eigenvalue weighted by Gasteiger charge is 2.25. The molecule has 2 rings (SSSR count). The molecule has 0 atom stereocenters. The monoisotopic (exact) mass is 278 g/mol. The molecule has 1 aliphatic rings. The summed E-state index contributed by atoms with van der Waals surface area (Å²) in [5, 5.41) is 15.7. The molecule has 0 aromatic heterocycles. The van der Waals surface area contributed by atoms with Crippen LogP contribution in [-0.4, -0.2) is 36.0 Å². The molecule has 0 spiro atoms. The molecular formula is C13H18N4O3. The summed E-state index contributed by atoms with van der Waals surface area (Å²) >= 11 is 0. The van der Waals surface area contributed by atoms with Crippen molar-refractivity contribution in [2.45, 2.75) is 19.3 Å². The molecule has 1 fully saturated rings. The zero-order valence-corrected chi connectivity index (χ0v) is 11.4. The van der Waals surface area contributed by atoms with Crippen molar-refractivity contribution in [2.75, 3.05) is 25.5 Å². The molecule has 108 valence electrons. The number of carbonyl (C=O) groups excluding carboxylic acids is 1. The molecular weight excluding hydrogens is 260 g/mol. The van der Waals surface area contributed by atoms with Crippen molar-refractivity contribution in [1.82, 2.24) is 10.4 Å². The lowest BCUT2D eigenvalue weighted by Gasteiger charge is -2.26. The van der Waals surface area contributed by atoms with Crippen molar-refractivity contribution in [2.24, 2.45) is 0 Å². The zero-order chi connectivity index (χ0) is 14.5. The Bertz CT molecular complexity index is 512. The SMILES string of the molecule is CNc1cccc(C(=O)NN2CCCCC2)c1[N+](=O)[O-]. The average Bonchev–Trinajstić information content (AvgIpc) is 2.47. The van der Waals surface area contributed by atoms with Crippen molar-refractivity contribution in [3.8, 4) is 0 Å². The highest BCUT2D eigenvalue weighted by molar-refractivity contribution is 6.00. The van der Waals surface area contributed by atoms with E-state index in [1.807, 2.05) is 5.01 Å². The number of piperidine rings is 1. The third-order valence-corrected chi connectivity index (χ3v) is 3.35. The third-order valence-electron chi connectivity index (χ3n) is 3.35. The lowest BCUT2D eigenvalue weighted by molar-refractivity contribution is -0.384. The fraction of sp³-hybridized carbons (Fsp3) is 0.462. The maximum atomic E-state index is 12.2. The minimum Gasteiger partial charge on any atom is -0.383 e. The quantitative estimate of drug-likeness (QED) is 0.647. The summed E-state index contributed by atoms with van der Waals surface area (Å²) < 4.78 is 0. The Balaban J connectivity index is 2.22. The first-order valence-corrected chi connectivity index (χ1v) is 6.64. The molecule has 0 unspecified atom stereocenters. The van der Waals surface area contributed by atoms with Gasteiger partial charge in [0.15, 0.2) is 0 Å². The molecule has 2 N–H and O–H groups in total. The molecule has 1 heterocycles. The van der Waals surface area contributed by atoms with Crippen LogP contribution in [0.2, 0.25) is 0 Å². The van der Waals surface area contributed by atoms with Crippen molar-refractivity contribution in [1.29, 1.82) is 0 Å². The predicted octanol–water partition coefficient (Wildman–Crippen LogP) is 1.77. The molecule has 20 heavy (non-hydrogen) atoms. The number of nitrogens with one attached hydrogen (secondary N) is 2. The Morgan fingerprint density at radius 1 is 1.30 bits per heavy atom. The van der Waals surface area contributed by atoms with Crippen LogP contribution in [-0.2, 0) is 0 Å². The fourth-order valence-corrected chi connectivity index (χ4v) is 2.33. The van der Waals surface area contributed by atoms with Crippen LogP contribution in [0.15, 0.2) is 18.2 Å². The highest BCUT2D eigenvalue weighted by Crippen LogP contribution is 2.28. The van der Waals surface area contributed by atoms with Crippen LogP contribution < -0.4 is 10.7 Å². The lowest BCUT2D eigenvalue weighted by Crippen LogP contribution is -2.45. The second kappa shape index (κ2) is 6.33. The van der Waals surface area contributed by atoms with Crippen LogP contribution in [0, 0.1) is 10.1 Å². The van der Waals surface area contributed by atoms with E-state index in [0.29, 0.717) is 5.69 Å². The first-order chi connectivity index (χ1) is 9.63. The third kappa shape index (κ3) is 3.05. The van der Waals surface area contributed by atoms with E-state index in [0.717, 1.165) is 32.4 Å². The summed E-state index contributed by atoms with van der Waals surface area (Å²) in [7, 11) is 1.59. The number of nitro benzene ring substituents is 1. The number of nitro groups is 1. The van der Waals surface area contributed by atoms with Crippen LogP contribution in [0.3, 0.4) is 0 Å². The normalized spacial score (nSPS) is 15.7. The van der Waals surface area contributed by atoms with Gasteiger partial charge >= 0.3 is 5.69 Å². The van der Waals surface area contributed by atoms with Gasteiger partial charge in [-0.05, 0) is 25.0 Å². The number of amides is 1. The number of para-hydroxylation sites is 1. The van der Waals surface area contributed by atoms with E-state index in [-0.39, 0.29) is 11.3 Å². The fourth-order valence-electron chi connectivity index (χ4n) is 2.33. The van der Waals surface area contributed by atoms with Crippen LogP contribution >= 0.6 is 0 Å². The second-order valence-corrected chi connectivity index (χ2v) is 4.70. The zero-order valence-electron chi connectivity index (χ0n) is 11.4. The minimum absolute atomic E-state index is 0.0763. The number of anilines is 1. The summed E-state index contributed by atoms with van der Waals surface area (Å²) in [5.74, 6) is -0.435. The number of hydrogen-bond acceptors (Lipinski definition) is 5. The molecule has 7 nitrogen and oxygen atoms in total. The van der Waals surface area contributed by atoms with Gasteiger partial charge in [0.05, 0.1) is 4.92 Å². The standard InChI is InChI=1S/C13H18N4O3/c1-14-11-7-5-6-10(12(11)17(19)20)13(18)15-16-8-3-2-4-9-16/h5-7,14H,2-4,8-9H2,1H3,(H,15,18).